The Balaban J connectivity index is 1.40. The van der Waals surface area contributed by atoms with Gasteiger partial charge in [0.1, 0.15) is 6.23 Å². The molecule has 1 aromatic heterocycles. The van der Waals surface area contributed by atoms with Crippen LogP contribution in [0.25, 0.3) is 10.9 Å². The van der Waals surface area contributed by atoms with Crippen LogP contribution in [0, 0.1) is 0 Å². The highest BCUT2D eigenvalue weighted by molar-refractivity contribution is 6.35. The third-order valence-corrected chi connectivity index (χ3v) is 7.11. The molecule has 2 aliphatic rings. The molecule has 6 heteroatoms. The van der Waals surface area contributed by atoms with Crippen LogP contribution in [0.4, 0.5) is 0 Å². The van der Waals surface area contributed by atoms with Gasteiger partial charge < -0.3 is 19.7 Å². The first-order valence-electron chi connectivity index (χ1n) is 12.1. The maximum absolute atomic E-state index is 11.8. The van der Waals surface area contributed by atoms with Crippen molar-refractivity contribution in [1.82, 2.24) is 9.88 Å². The number of carbonyl (C=O) groups is 1. The highest BCUT2D eigenvalue weighted by atomic mass is 35.5. The van der Waals surface area contributed by atoms with E-state index >= 15 is 0 Å². The van der Waals surface area contributed by atoms with E-state index in [4.69, 9.17) is 16.3 Å². The van der Waals surface area contributed by atoms with Crippen LogP contribution in [-0.4, -0.2) is 34.3 Å². The first kappa shape index (κ1) is 23.2. The fraction of sp³-hybridized carbons (Fsp3) is 0.393. The lowest BCUT2D eigenvalue weighted by Gasteiger charge is -2.34. The van der Waals surface area contributed by atoms with Gasteiger partial charge in [0.05, 0.1) is 22.7 Å². The van der Waals surface area contributed by atoms with Crippen LogP contribution in [0.2, 0.25) is 5.02 Å². The van der Waals surface area contributed by atoms with Crippen molar-refractivity contribution in [2.75, 3.05) is 6.54 Å². The molecule has 2 N–H and O–H groups in total. The Morgan fingerprint density at radius 1 is 1.21 bits per heavy atom. The second-order valence-electron chi connectivity index (χ2n) is 9.47. The number of ether oxygens (including phenoxy) is 1. The summed E-state index contributed by atoms with van der Waals surface area (Å²) in [4.78, 5) is 11.8. The van der Waals surface area contributed by atoms with Gasteiger partial charge in [-0.2, -0.15) is 0 Å². The van der Waals surface area contributed by atoms with Crippen LogP contribution in [0.3, 0.4) is 0 Å². The van der Waals surface area contributed by atoms with Crippen molar-refractivity contribution in [3.63, 3.8) is 0 Å². The number of allylic oxidation sites excluding steroid dienone is 1. The molecule has 5 nitrogen and oxygen atoms in total. The van der Waals surface area contributed by atoms with Crippen LogP contribution >= 0.6 is 11.6 Å². The molecule has 0 radical (unpaired) electrons. The SMILES string of the molecule is C/C=C/C(=O)NC[C@@H]1C[C@H](O)C[C@H](n2cc(Cc3ccc(C4CC4)cc3)c3c(Cl)cccc32)O1. The zero-order chi connectivity index (χ0) is 23.7. The van der Waals surface area contributed by atoms with Crippen LogP contribution in [-0.2, 0) is 16.0 Å². The highest BCUT2D eigenvalue weighted by Crippen LogP contribution is 2.40. The molecule has 2 fully saturated rings. The van der Waals surface area contributed by atoms with Gasteiger partial charge in [-0.25, -0.2) is 0 Å². The Kier molecular flexibility index (Phi) is 6.77. The molecule has 1 aliphatic carbocycles. The summed E-state index contributed by atoms with van der Waals surface area (Å²) in [5.41, 5.74) is 4.81. The normalized spacial score (nSPS) is 23.0. The number of benzene rings is 2. The Bertz CT molecular complexity index is 1200. The van der Waals surface area contributed by atoms with Crippen LogP contribution in [0.15, 0.2) is 60.8 Å². The van der Waals surface area contributed by atoms with E-state index in [0.717, 1.165) is 28.8 Å². The zero-order valence-electron chi connectivity index (χ0n) is 19.4. The molecule has 5 rings (SSSR count). The molecule has 0 unspecified atom stereocenters. The van der Waals surface area contributed by atoms with E-state index in [-0.39, 0.29) is 18.2 Å². The summed E-state index contributed by atoms with van der Waals surface area (Å²) in [5, 5.41) is 15.2. The monoisotopic (exact) mass is 478 g/mol. The van der Waals surface area contributed by atoms with Crippen molar-refractivity contribution in [2.45, 2.75) is 63.4 Å². The van der Waals surface area contributed by atoms with Gasteiger partial charge >= 0.3 is 0 Å². The molecule has 1 saturated carbocycles. The number of rotatable bonds is 7. The first-order chi connectivity index (χ1) is 16.5. The number of nitrogens with one attached hydrogen (secondary N) is 1. The number of halogens is 1. The average Bonchev–Trinajstić information content (AvgIpc) is 3.60. The van der Waals surface area contributed by atoms with E-state index in [1.54, 1.807) is 13.0 Å². The van der Waals surface area contributed by atoms with Crippen LogP contribution < -0.4 is 5.32 Å². The Hall–Kier alpha value is -2.60. The summed E-state index contributed by atoms with van der Waals surface area (Å²) in [5.74, 6) is 0.590. The first-order valence-corrected chi connectivity index (χ1v) is 12.5. The predicted octanol–water partition coefficient (Wildman–Crippen LogP) is 5.49. The van der Waals surface area contributed by atoms with Gasteiger partial charge in [0.2, 0.25) is 5.91 Å². The van der Waals surface area contributed by atoms with Crippen LogP contribution in [0.5, 0.6) is 0 Å². The smallest absolute Gasteiger partial charge is 0.243 e. The number of aromatic nitrogens is 1. The molecule has 3 aromatic rings. The topological polar surface area (TPSA) is 63.5 Å². The number of fused-ring (bicyclic) bond motifs is 1. The van der Waals surface area contributed by atoms with Crippen LogP contribution in [0.1, 0.15) is 61.4 Å². The van der Waals surface area contributed by atoms with E-state index in [9.17, 15) is 9.90 Å². The number of hydrogen-bond donors (Lipinski definition) is 2. The molecule has 1 aliphatic heterocycles. The summed E-state index contributed by atoms with van der Waals surface area (Å²) in [6, 6.07) is 14.9. The van der Waals surface area contributed by atoms with Gasteiger partial charge in [0.15, 0.2) is 0 Å². The van der Waals surface area contributed by atoms with Gasteiger partial charge in [-0.1, -0.05) is 48.0 Å². The minimum Gasteiger partial charge on any atom is -0.393 e. The lowest BCUT2D eigenvalue weighted by atomic mass is 10.0. The molecule has 2 aromatic carbocycles. The van der Waals surface area contributed by atoms with E-state index in [1.807, 2.05) is 18.2 Å². The number of carbonyl (C=O) groups excluding carboxylic acids is 1. The quantitative estimate of drug-likeness (QED) is 0.441. The number of aliphatic hydroxyl groups is 1. The Labute approximate surface area is 205 Å². The highest BCUT2D eigenvalue weighted by Gasteiger charge is 2.31. The van der Waals surface area contributed by atoms with Crippen molar-refractivity contribution in [3.05, 3.63) is 82.5 Å². The third kappa shape index (κ3) is 5.07. The van der Waals surface area contributed by atoms with E-state index < -0.39 is 6.10 Å². The lowest BCUT2D eigenvalue weighted by Crippen LogP contribution is -2.40. The van der Waals surface area contributed by atoms with E-state index in [1.165, 1.54) is 30.0 Å². The van der Waals surface area contributed by atoms with Gasteiger partial charge in [0.25, 0.3) is 0 Å². The number of nitrogens with zero attached hydrogens (tertiary/aromatic N) is 1. The third-order valence-electron chi connectivity index (χ3n) is 6.80. The van der Waals surface area contributed by atoms with Gasteiger partial charge in [-0.15, -0.1) is 0 Å². The summed E-state index contributed by atoms with van der Waals surface area (Å²) in [6.07, 6.45) is 8.56. The van der Waals surface area contributed by atoms with Gasteiger partial charge in [0, 0.05) is 31.0 Å². The second kappa shape index (κ2) is 9.95. The van der Waals surface area contributed by atoms with E-state index in [2.05, 4.69) is 40.3 Å². The van der Waals surface area contributed by atoms with Crippen molar-refractivity contribution in [2.24, 2.45) is 0 Å². The summed E-state index contributed by atoms with van der Waals surface area (Å²) in [7, 11) is 0. The minimum absolute atomic E-state index is 0.157. The van der Waals surface area contributed by atoms with Gasteiger partial charge in [-0.3, -0.25) is 4.79 Å². The second-order valence-corrected chi connectivity index (χ2v) is 9.88. The molecule has 1 amide bonds. The molecule has 0 bridgehead atoms. The average molecular weight is 479 g/mol. The van der Waals surface area contributed by atoms with Crippen molar-refractivity contribution >= 4 is 28.4 Å². The predicted molar refractivity (Wildman–Crippen MR) is 135 cm³/mol. The minimum atomic E-state index is -0.502. The zero-order valence-corrected chi connectivity index (χ0v) is 20.2. The fourth-order valence-corrected chi connectivity index (χ4v) is 5.26. The maximum Gasteiger partial charge on any atom is 0.243 e. The number of hydrogen-bond acceptors (Lipinski definition) is 3. The van der Waals surface area contributed by atoms with Crippen molar-refractivity contribution in [3.8, 4) is 0 Å². The molecule has 0 spiro atoms. The lowest BCUT2D eigenvalue weighted by molar-refractivity contribution is -0.131. The molecule has 34 heavy (non-hydrogen) atoms. The summed E-state index contributed by atoms with van der Waals surface area (Å²) >= 11 is 6.67. The van der Waals surface area contributed by atoms with Crippen molar-refractivity contribution < 1.29 is 14.6 Å². The summed E-state index contributed by atoms with van der Waals surface area (Å²) in [6.45, 7) is 2.16. The molecular formula is C28H31ClN2O3. The number of amides is 1. The molecular weight excluding hydrogens is 448 g/mol. The molecule has 178 valence electrons. The maximum atomic E-state index is 11.8. The van der Waals surface area contributed by atoms with E-state index in [0.29, 0.717) is 24.4 Å². The van der Waals surface area contributed by atoms with Gasteiger partial charge in [-0.05, 0) is 67.0 Å². The fourth-order valence-electron chi connectivity index (χ4n) is 4.97. The Morgan fingerprint density at radius 3 is 2.74 bits per heavy atom. The molecule has 3 atom stereocenters. The number of aliphatic hydroxyl groups excluding tert-OH is 1. The van der Waals surface area contributed by atoms with Crippen molar-refractivity contribution in [1.29, 1.82) is 0 Å². The standard InChI is InChI=1S/C28H31ClN2O3/c1-2-4-26(33)30-16-23-14-22(32)15-27(34-23)31-17-21(28-24(29)5-3-6-25(28)31)13-18-7-9-19(10-8-18)20-11-12-20/h2-10,17,20,22-23,27,32H,11-16H2,1H3,(H,30,33)/b4-2+/t22-,23-,27+/m0/s1. The molecule has 2 heterocycles. The largest absolute Gasteiger partial charge is 0.393 e. The molecule has 1 saturated heterocycles. The summed E-state index contributed by atoms with van der Waals surface area (Å²) < 4.78 is 8.45. The Morgan fingerprint density at radius 2 is 2.00 bits per heavy atom.